The summed E-state index contributed by atoms with van der Waals surface area (Å²) in [7, 11) is -2.38. The van der Waals surface area contributed by atoms with Crippen LogP contribution in [0.25, 0.3) is 11.4 Å². The zero-order valence-corrected chi connectivity index (χ0v) is 16.5. The van der Waals surface area contributed by atoms with Crippen molar-refractivity contribution < 1.29 is 17.6 Å². The highest BCUT2D eigenvalue weighted by Crippen LogP contribution is 2.17. The summed E-state index contributed by atoms with van der Waals surface area (Å²) in [5.41, 5.74) is 1.78. The van der Waals surface area contributed by atoms with Gasteiger partial charge in [-0.25, -0.2) is 32.5 Å². The molecule has 0 bridgehead atoms. The molecule has 2 N–H and O–H groups in total. The minimum absolute atomic E-state index is 0.0959. The Labute approximate surface area is 167 Å². The second-order valence-electron chi connectivity index (χ2n) is 6.10. The topological polar surface area (TPSA) is 114 Å². The number of halogens is 1. The zero-order valence-electron chi connectivity index (χ0n) is 15.7. The number of benzene rings is 1. The third kappa shape index (κ3) is 4.79. The second-order valence-corrected chi connectivity index (χ2v) is 7.93. The zero-order chi connectivity index (χ0) is 21.0. The molecule has 0 atom stereocenters. The molecule has 10 heteroatoms. The summed E-state index contributed by atoms with van der Waals surface area (Å²) in [4.78, 5) is 24.7. The van der Waals surface area contributed by atoms with Crippen molar-refractivity contribution in [3.8, 4) is 11.4 Å². The van der Waals surface area contributed by atoms with Gasteiger partial charge in [0.05, 0.1) is 11.3 Å². The van der Waals surface area contributed by atoms with E-state index in [-0.39, 0.29) is 17.1 Å². The number of amides is 1. The van der Waals surface area contributed by atoms with E-state index >= 15 is 0 Å². The highest BCUT2D eigenvalue weighted by molar-refractivity contribution is 7.89. The highest BCUT2D eigenvalue weighted by atomic mass is 32.2. The van der Waals surface area contributed by atoms with Crippen molar-refractivity contribution in [3.05, 3.63) is 71.4 Å². The standard InChI is InChI=1S/C19H18FN5O3S/c1-12-16(11-23-18(25-12)14-4-3-5-15(20)9-14)19(26)24-10-13-6-7-22-17(8-13)29(27,28)21-2/h3-9,11,21H,10H2,1-2H3,(H,24,26). The summed E-state index contributed by atoms with van der Waals surface area (Å²) >= 11 is 0. The third-order valence-electron chi connectivity index (χ3n) is 4.10. The Morgan fingerprint density at radius 3 is 2.66 bits per heavy atom. The molecule has 1 amide bonds. The lowest BCUT2D eigenvalue weighted by Gasteiger charge is -2.09. The van der Waals surface area contributed by atoms with Crippen LogP contribution in [-0.2, 0) is 16.6 Å². The van der Waals surface area contributed by atoms with Gasteiger partial charge in [-0.05, 0) is 43.8 Å². The van der Waals surface area contributed by atoms with Gasteiger partial charge in [0, 0.05) is 24.5 Å². The molecule has 3 rings (SSSR count). The maximum atomic E-state index is 13.4. The minimum Gasteiger partial charge on any atom is -0.348 e. The summed E-state index contributed by atoms with van der Waals surface area (Å²) in [5.74, 6) is -0.500. The molecular formula is C19H18FN5O3S. The number of sulfonamides is 1. The minimum atomic E-state index is -3.67. The smallest absolute Gasteiger partial charge is 0.257 e. The van der Waals surface area contributed by atoms with Crippen LogP contribution in [0, 0.1) is 12.7 Å². The summed E-state index contributed by atoms with van der Waals surface area (Å²) in [6.07, 6.45) is 2.73. The molecule has 0 aliphatic rings. The van der Waals surface area contributed by atoms with E-state index in [1.165, 1.54) is 37.6 Å². The Morgan fingerprint density at radius 1 is 1.17 bits per heavy atom. The van der Waals surface area contributed by atoms with Gasteiger partial charge in [-0.15, -0.1) is 0 Å². The average Bonchev–Trinajstić information content (AvgIpc) is 2.72. The molecule has 8 nitrogen and oxygen atoms in total. The molecule has 150 valence electrons. The molecule has 0 aliphatic carbocycles. The molecule has 0 aliphatic heterocycles. The number of carbonyl (C=O) groups excluding carboxylic acids is 1. The second kappa shape index (κ2) is 8.41. The van der Waals surface area contributed by atoms with Crippen LogP contribution in [0.4, 0.5) is 4.39 Å². The molecular weight excluding hydrogens is 397 g/mol. The first kappa shape index (κ1) is 20.5. The Morgan fingerprint density at radius 2 is 1.97 bits per heavy atom. The maximum Gasteiger partial charge on any atom is 0.257 e. The number of nitrogens with one attached hydrogen (secondary N) is 2. The predicted molar refractivity (Wildman–Crippen MR) is 104 cm³/mol. The van der Waals surface area contributed by atoms with Crippen molar-refractivity contribution in [3.63, 3.8) is 0 Å². The average molecular weight is 415 g/mol. The number of hydrogen-bond donors (Lipinski definition) is 2. The van der Waals surface area contributed by atoms with Gasteiger partial charge >= 0.3 is 0 Å². The van der Waals surface area contributed by atoms with Crippen LogP contribution in [0.15, 0.2) is 53.8 Å². The van der Waals surface area contributed by atoms with E-state index in [1.807, 2.05) is 0 Å². The van der Waals surface area contributed by atoms with Crippen LogP contribution >= 0.6 is 0 Å². The van der Waals surface area contributed by atoms with Crippen LogP contribution in [-0.4, -0.2) is 36.3 Å². The van der Waals surface area contributed by atoms with Crippen molar-refractivity contribution in [2.45, 2.75) is 18.5 Å². The summed E-state index contributed by atoms with van der Waals surface area (Å²) in [5, 5.41) is 2.57. The number of aromatic nitrogens is 3. The fourth-order valence-electron chi connectivity index (χ4n) is 2.55. The van der Waals surface area contributed by atoms with Gasteiger partial charge in [0.1, 0.15) is 5.82 Å². The van der Waals surface area contributed by atoms with E-state index in [9.17, 15) is 17.6 Å². The molecule has 0 saturated carbocycles. The number of nitrogens with zero attached hydrogens (tertiary/aromatic N) is 3. The van der Waals surface area contributed by atoms with Crippen LogP contribution in [0.5, 0.6) is 0 Å². The van der Waals surface area contributed by atoms with Crippen LogP contribution in [0.3, 0.4) is 0 Å². The molecule has 1 aromatic carbocycles. The molecule has 2 heterocycles. The number of aryl methyl sites for hydroxylation is 1. The third-order valence-corrected chi connectivity index (χ3v) is 5.41. The van der Waals surface area contributed by atoms with Gasteiger partial charge in [-0.1, -0.05) is 12.1 Å². The van der Waals surface area contributed by atoms with Gasteiger partial charge in [-0.3, -0.25) is 4.79 Å². The van der Waals surface area contributed by atoms with Gasteiger partial charge in [0.15, 0.2) is 10.9 Å². The Kier molecular flexibility index (Phi) is 5.95. The lowest BCUT2D eigenvalue weighted by Crippen LogP contribution is -2.25. The first-order chi connectivity index (χ1) is 13.8. The van der Waals surface area contributed by atoms with Crippen molar-refractivity contribution in [2.24, 2.45) is 0 Å². The molecule has 0 unspecified atom stereocenters. The fourth-order valence-corrected chi connectivity index (χ4v) is 3.26. The van der Waals surface area contributed by atoms with Gasteiger partial charge in [-0.2, -0.15) is 0 Å². The van der Waals surface area contributed by atoms with E-state index in [2.05, 4.69) is 25.0 Å². The van der Waals surface area contributed by atoms with Gasteiger partial charge < -0.3 is 5.32 Å². The van der Waals surface area contributed by atoms with Crippen LogP contribution in [0.1, 0.15) is 21.6 Å². The molecule has 2 aromatic heterocycles. The molecule has 0 spiro atoms. The molecule has 0 radical (unpaired) electrons. The highest BCUT2D eigenvalue weighted by Gasteiger charge is 2.15. The summed E-state index contributed by atoms with van der Waals surface area (Å²) in [6.45, 7) is 1.75. The number of rotatable bonds is 6. The molecule has 29 heavy (non-hydrogen) atoms. The first-order valence-electron chi connectivity index (χ1n) is 8.56. The number of hydrogen-bond acceptors (Lipinski definition) is 6. The lowest BCUT2D eigenvalue weighted by molar-refractivity contribution is 0.0949. The summed E-state index contributed by atoms with van der Waals surface area (Å²) in [6, 6.07) is 8.85. The predicted octanol–water partition coefficient (Wildman–Crippen LogP) is 1.82. The SMILES string of the molecule is CNS(=O)(=O)c1cc(CNC(=O)c2cnc(-c3cccc(F)c3)nc2C)ccn1. The Hall–Kier alpha value is -3.24. The monoisotopic (exact) mass is 415 g/mol. The lowest BCUT2D eigenvalue weighted by atomic mass is 10.1. The van der Waals surface area contributed by atoms with E-state index in [4.69, 9.17) is 0 Å². The van der Waals surface area contributed by atoms with Gasteiger partial charge in [0.25, 0.3) is 15.9 Å². The van der Waals surface area contributed by atoms with Crippen molar-refractivity contribution in [2.75, 3.05) is 7.05 Å². The first-order valence-corrected chi connectivity index (χ1v) is 10.0. The largest absolute Gasteiger partial charge is 0.348 e. The molecule has 3 aromatic rings. The fraction of sp³-hybridized carbons (Fsp3) is 0.158. The number of pyridine rings is 1. The van der Waals surface area contributed by atoms with Gasteiger partial charge in [0.2, 0.25) is 0 Å². The van der Waals surface area contributed by atoms with E-state index < -0.39 is 21.7 Å². The molecule has 0 fully saturated rings. The normalized spacial score (nSPS) is 11.3. The molecule has 0 saturated heterocycles. The Balaban J connectivity index is 1.74. The van der Waals surface area contributed by atoms with Crippen LogP contribution in [0.2, 0.25) is 0 Å². The van der Waals surface area contributed by atoms with E-state index in [0.717, 1.165) is 0 Å². The maximum absolute atomic E-state index is 13.4. The number of carbonyl (C=O) groups is 1. The Bertz CT molecular complexity index is 1170. The van der Waals surface area contributed by atoms with E-state index in [1.54, 1.807) is 25.1 Å². The van der Waals surface area contributed by atoms with Crippen molar-refractivity contribution >= 4 is 15.9 Å². The van der Waals surface area contributed by atoms with Crippen LogP contribution < -0.4 is 10.0 Å². The van der Waals surface area contributed by atoms with Crippen molar-refractivity contribution in [1.29, 1.82) is 0 Å². The van der Waals surface area contributed by atoms with Crippen molar-refractivity contribution in [1.82, 2.24) is 25.0 Å². The summed E-state index contributed by atoms with van der Waals surface area (Å²) < 4.78 is 39.2. The quantitative estimate of drug-likeness (QED) is 0.635. The van der Waals surface area contributed by atoms with E-state index in [0.29, 0.717) is 22.6 Å².